The second kappa shape index (κ2) is 10.2. The molecule has 0 aliphatic heterocycles. The lowest BCUT2D eigenvalue weighted by Crippen LogP contribution is -2.40. The van der Waals surface area contributed by atoms with Crippen LogP contribution >= 0.6 is 0 Å². The summed E-state index contributed by atoms with van der Waals surface area (Å²) in [6, 6.07) is 15.3. The number of carboxylic acid groups (broad SMARTS) is 1. The minimum Gasteiger partial charge on any atom is -0.480 e. The van der Waals surface area contributed by atoms with Gasteiger partial charge in [0.1, 0.15) is 18.3 Å². The van der Waals surface area contributed by atoms with E-state index >= 15 is 0 Å². The number of rotatable bonds is 9. The molecule has 4 rings (SSSR count). The van der Waals surface area contributed by atoms with Gasteiger partial charge in [-0.1, -0.05) is 55.5 Å². The molecule has 1 aromatic heterocycles. The Morgan fingerprint density at radius 2 is 1.74 bits per heavy atom. The number of hydrogen-bond donors (Lipinski definition) is 3. The van der Waals surface area contributed by atoms with Gasteiger partial charge in [0.25, 0.3) is 5.91 Å². The second-order valence-electron chi connectivity index (χ2n) is 8.02. The Morgan fingerprint density at radius 1 is 1.09 bits per heavy atom. The van der Waals surface area contributed by atoms with Crippen molar-refractivity contribution in [1.29, 1.82) is 0 Å². The fourth-order valence-corrected chi connectivity index (χ4v) is 4.11. The summed E-state index contributed by atoms with van der Waals surface area (Å²) in [7, 11) is 0. The van der Waals surface area contributed by atoms with Crippen molar-refractivity contribution in [1.82, 2.24) is 20.2 Å². The van der Waals surface area contributed by atoms with Crippen LogP contribution in [0.15, 0.2) is 61.1 Å². The van der Waals surface area contributed by atoms with E-state index in [1.807, 2.05) is 24.3 Å². The highest BCUT2D eigenvalue weighted by Gasteiger charge is 2.29. The third-order valence-electron chi connectivity index (χ3n) is 5.86. The maximum atomic E-state index is 12.3. The first-order valence-electron chi connectivity index (χ1n) is 11.1. The third kappa shape index (κ3) is 4.93. The summed E-state index contributed by atoms with van der Waals surface area (Å²) in [6.07, 6.45) is 2.71. The summed E-state index contributed by atoms with van der Waals surface area (Å²) >= 11 is 0. The first-order valence-corrected chi connectivity index (χ1v) is 11.1. The van der Waals surface area contributed by atoms with Crippen LogP contribution in [0, 0.1) is 0 Å². The van der Waals surface area contributed by atoms with Gasteiger partial charge in [0.15, 0.2) is 0 Å². The van der Waals surface area contributed by atoms with Crippen molar-refractivity contribution in [2.45, 2.75) is 31.8 Å². The Labute approximate surface area is 196 Å². The van der Waals surface area contributed by atoms with Crippen LogP contribution in [-0.4, -0.2) is 51.8 Å². The molecule has 1 aliphatic carbocycles. The van der Waals surface area contributed by atoms with E-state index in [1.165, 1.54) is 23.7 Å². The number of carbonyl (C=O) groups excluding carboxylic acids is 2. The minimum atomic E-state index is -1.09. The quantitative estimate of drug-likeness (QED) is 0.449. The summed E-state index contributed by atoms with van der Waals surface area (Å²) in [5.41, 5.74) is 4.74. The molecule has 9 nitrogen and oxygen atoms in total. The first kappa shape index (κ1) is 23.0. The molecule has 176 valence electrons. The molecule has 0 bridgehead atoms. The number of hydrogen-bond acceptors (Lipinski definition) is 5. The van der Waals surface area contributed by atoms with E-state index in [2.05, 4.69) is 39.9 Å². The number of carboxylic acids is 1. The monoisotopic (exact) mass is 462 g/mol. The number of ether oxygens (including phenoxy) is 1. The van der Waals surface area contributed by atoms with Crippen LogP contribution in [0.2, 0.25) is 0 Å². The minimum absolute atomic E-state index is 0.00869. The van der Waals surface area contributed by atoms with Gasteiger partial charge < -0.3 is 25.0 Å². The molecule has 1 atom stereocenters. The molecule has 1 heterocycles. The lowest BCUT2D eigenvalue weighted by molar-refractivity contribution is -0.139. The molecule has 2 amide bonds. The average molecular weight is 463 g/mol. The zero-order valence-electron chi connectivity index (χ0n) is 18.7. The van der Waals surface area contributed by atoms with Crippen LogP contribution in [-0.2, 0) is 16.1 Å². The van der Waals surface area contributed by atoms with Crippen LogP contribution in [0.4, 0.5) is 4.79 Å². The Balaban J connectivity index is 1.26. The van der Waals surface area contributed by atoms with Crippen LogP contribution in [0.3, 0.4) is 0 Å². The molecule has 34 heavy (non-hydrogen) atoms. The van der Waals surface area contributed by atoms with Gasteiger partial charge in [0.05, 0.1) is 6.33 Å². The standard InChI is InChI=1S/C25H26N4O5/c1-2-21(24(31)32)28-23(30)22-13-29(15-27-22)12-11-26-25(33)34-14-20-18-9-5-3-7-16(18)17-8-4-6-10-19(17)20/h3-10,13,15,20-21H,2,11-12,14H2,1H3,(H,26,33)(H,28,30)(H,31,32). The Kier molecular flexibility index (Phi) is 6.91. The van der Waals surface area contributed by atoms with Crippen molar-refractivity contribution in [2.24, 2.45) is 0 Å². The van der Waals surface area contributed by atoms with Crippen molar-refractivity contribution < 1.29 is 24.2 Å². The van der Waals surface area contributed by atoms with E-state index in [9.17, 15) is 14.4 Å². The summed E-state index contributed by atoms with van der Waals surface area (Å²) in [5, 5.41) is 14.2. The van der Waals surface area contributed by atoms with Gasteiger partial charge in [-0.05, 0) is 28.7 Å². The molecule has 0 fully saturated rings. The van der Waals surface area contributed by atoms with Crippen molar-refractivity contribution in [3.8, 4) is 11.1 Å². The van der Waals surface area contributed by atoms with Gasteiger partial charge in [-0.2, -0.15) is 0 Å². The van der Waals surface area contributed by atoms with E-state index in [0.29, 0.717) is 6.54 Å². The Morgan fingerprint density at radius 3 is 2.35 bits per heavy atom. The lowest BCUT2D eigenvalue weighted by Gasteiger charge is -2.14. The van der Waals surface area contributed by atoms with Crippen molar-refractivity contribution in [3.63, 3.8) is 0 Å². The molecule has 0 radical (unpaired) electrons. The molecule has 2 aromatic carbocycles. The van der Waals surface area contributed by atoms with E-state index < -0.39 is 24.0 Å². The van der Waals surface area contributed by atoms with Crippen molar-refractivity contribution in [3.05, 3.63) is 77.9 Å². The van der Waals surface area contributed by atoms with Gasteiger partial charge >= 0.3 is 12.1 Å². The molecular weight excluding hydrogens is 436 g/mol. The number of alkyl carbamates (subject to hydrolysis) is 1. The zero-order valence-corrected chi connectivity index (χ0v) is 18.7. The lowest BCUT2D eigenvalue weighted by atomic mass is 9.98. The number of imidazole rings is 1. The molecule has 0 spiro atoms. The fourth-order valence-electron chi connectivity index (χ4n) is 4.11. The summed E-state index contributed by atoms with van der Waals surface area (Å²) in [6.45, 7) is 2.56. The van der Waals surface area contributed by atoms with Crippen LogP contribution < -0.4 is 10.6 Å². The number of fused-ring (bicyclic) bond motifs is 3. The highest BCUT2D eigenvalue weighted by atomic mass is 16.5. The number of amides is 2. The first-order chi connectivity index (χ1) is 16.5. The summed E-state index contributed by atoms with van der Waals surface area (Å²) in [5.74, 6) is -1.66. The molecular formula is C25H26N4O5. The predicted octanol–water partition coefficient (Wildman–Crippen LogP) is 3.01. The largest absolute Gasteiger partial charge is 0.480 e. The highest BCUT2D eigenvalue weighted by molar-refractivity contribution is 5.94. The molecule has 3 N–H and O–H groups in total. The summed E-state index contributed by atoms with van der Waals surface area (Å²) in [4.78, 5) is 39.5. The molecule has 1 unspecified atom stereocenters. The molecule has 3 aromatic rings. The Hall–Kier alpha value is -4.14. The number of nitrogens with one attached hydrogen (secondary N) is 2. The van der Waals surface area contributed by atoms with Crippen LogP contribution in [0.5, 0.6) is 0 Å². The number of aromatic nitrogens is 2. The van der Waals surface area contributed by atoms with E-state index in [-0.39, 0.29) is 31.2 Å². The van der Waals surface area contributed by atoms with E-state index in [0.717, 1.165) is 11.1 Å². The molecule has 0 saturated heterocycles. The topological polar surface area (TPSA) is 123 Å². The van der Waals surface area contributed by atoms with E-state index in [1.54, 1.807) is 11.5 Å². The SMILES string of the molecule is CCC(NC(=O)c1cn(CCNC(=O)OCC2c3ccccc3-c3ccccc32)cn1)C(=O)O. The normalized spacial score (nSPS) is 13.0. The maximum absolute atomic E-state index is 12.3. The number of benzene rings is 2. The zero-order chi connectivity index (χ0) is 24.1. The van der Waals surface area contributed by atoms with Crippen molar-refractivity contribution >= 4 is 18.0 Å². The van der Waals surface area contributed by atoms with Gasteiger partial charge in [0.2, 0.25) is 0 Å². The number of aliphatic carboxylic acids is 1. The number of carbonyl (C=O) groups is 3. The number of nitrogens with zero attached hydrogens (tertiary/aromatic N) is 2. The van der Waals surface area contributed by atoms with E-state index in [4.69, 9.17) is 9.84 Å². The molecule has 9 heteroatoms. The molecule has 1 aliphatic rings. The maximum Gasteiger partial charge on any atom is 0.407 e. The van der Waals surface area contributed by atoms with Crippen LogP contribution in [0.1, 0.15) is 40.9 Å². The van der Waals surface area contributed by atoms with Gasteiger partial charge in [-0.25, -0.2) is 14.6 Å². The third-order valence-corrected chi connectivity index (χ3v) is 5.86. The summed E-state index contributed by atoms with van der Waals surface area (Å²) < 4.78 is 7.14. The average Bonchev–Trinajstić information content (AvgIpc) is 3.44. The van der Waals surface area contributed by atoms with Gasteiger partial charge in [-0.3, -0.25) is 4.79 Å². The van der Waals surface area contributed by atoms with Crippen LogP contribution in [0.25, 0.3) is 11.1 Å². The second-order valence-corrected chi connectivity index (χ2v) is 8.02. The fraction of sp³-hybridized carbons (Fsp3) is 0.280. The van der Waals surface area contributed by atoms with Gasteiger partial charge in [-0.15, -0.1) is 0 Å². The molecule has 0 saturated carbocycles. The Bertz CT molecular complexity index is 1160. The van der Waals surface area contributed by atoms with Gasteiger partial charge in [0, 0.05) is 25.2 Å². The van der Waals surface area contributed by atoms with Crippen molar-refractivity contribution in [2.75, 3.05) is 13.2 Å². The smallest absolute Gasteiger partial charge is 0.407 e. The predicted molar refractivity (Wildman–Crippen MR) is 124 cm³/mol. The highest BCUT2D eigenvalue weighted by Crippen LogP contribution is 2.44.